The zero-order valence-corrected chi connectivity index (χ0v) is 21.1. The summed E-state index contributed by atoms with van der Waals surface area (Å²) in [6.45, 7) is -22.3. The predicted molar refractivity (Wildman–Crippen MR) is 157 cm³/mol. The first kappa shape index (κ1) is 12.5. The molecule has 2 heterocycles. The maximum atomic E-state index is 14.0. The van der Waals surface area contributed by atoms with Crippen molar-refractivity contribution in [3.05, 3.63) is 94.9 Å². The van der Waals surface area contributed by atoms with Crippen LogP contribution in [0.2, 0.25) is 0 Å². The Labute approximate surface area is 261 Å². The second kappa shape index (κ2) is 11.9. The Morgan fingerprint density at radius 3 is 2.48 bits per heavy atom. The second-order valence-electron chi connectivity index (χ2n) is 8.40. The molecule has 8 heteroatoms. The molecule has 5 rings (SSSR count). The van der Waals surface area contributed by atoms with E-state index in [4.69, 9.17) is 30.8 Å². The third kappa shape index (κ3) is 5.83. The highest BCUT2D eigenvalue weighted by atomic mass is 16.5. The van der Waals surface area contributed by atoms with Crippen LogP contribution < -0.4 is 10.2 Å². The Bertz CT molecular complexity index is 2250. The quantitative estimate of drug-likeness (QED) is 0.352. The molecular formula is C32H34N4O4. The molecule has 40 heavy (non-hydrogen) atoms. The number of piperazine rings is 1. The van der Waals surface area contributed by atoms with Gasteiger partial charge in [-0.3, -0.25) is 14.5 Å². The first-order valence-corrected chi connectivity index (χ1v) is 11.6. The molecule has 3 aromatic rings. The molecular weight excluding hydrogens is 504 g/mol. The van der Waals surface area contributed by atoms with Gasteiger partial charge in [0.25, 0.3) is 5.91 Å². The highest BCUT2D eigenvalue weighted by molar-refractivity contribution is 6.37. The van der Waals surface area contributed by atoms with Gasteiger partial charge in [-0.05, 0) is 54.4 Å². The lowest BCUT2D eigenvalue weighted by atomic mass is 9.90. The van der Waals surface area contributed by atoms with Crippen LogP contribution in [0.3, 0.4) is 0 Å². The van der Waals surface area contributed by atoms with Crippen LogP contribution in [0.5, 0.6) is 0 Å². The van der Waals surface area contributed by atoms with Crippen molar-refractivity contribution < 1.29 is 45.2 Å². The first-order valence-electron chi connectivity index (χ1n) is 21.1. The summed E-state index contributed by atoms with van der Waals surface area (Å²) < 4.78 is 163. The van der Waals surface area contributed by atoms with Gasteiger partial charge in [-0.15, -0.1) is 0 Å². The Kier molecular flexibility index (Phi) is 3.70. The number of likely N-dealkylation sites (N-methyl/N-ethyl adjacent to an activating group) is 2. The lowest BCUT2D eigenvalue weighted by molar-refractivity contribution is -0.119. The molecule has 2 amide bonds. The lowest BCUT2D eigenvalue weighted by Crippen LogP contribution is -2.48. The van der Waals surface area contributed by atoms with E-state index in [0.29, 0.717) is 7.05 Å². The van der Waals surface area contributed by atoms with Gasteiger partial charge >= 0.3 is 5.97 Å². The fraction of sp³-hybridized carbons (Fsp3) is 0.281. The van der Waals surface area contributed by atoms with Crippen molar-refractivity contribution in [2.45, 2.75) is 6.42 Å². The number of esters is 1. The van der Waals surface area contributed by atoms with Crippen LogP contribution in [0.1, 0.15) is 53.1 Å². The van der Waals surface area contributed by atoms with E-state index in [1.54, 1.807) is 0 Å². The summed E-state index contributed by atoms with van der Waals surface area (Å²) in [6.07, 6.45) is -0.447. The molecule has 0 saturated carbocycles. The van der Waals surface area contributed by atoms with Crippen LogP contribution >= 0.6 is 0 Å². The number of nitrogens with one attached hydrogen (secondary N) is 1. The van der Waals surface area contributed by atoms with Gasteiger partial charge in [0.1, 0.15) is 0 Å². The second-order valence-corrected chi connectivity index (χ2v) is 8.40. The topological polar surface area (TPSA) is 82.2 Å². The zero-order chi connectivity index (χ0) is 44.9. The number of methoxy groups -OCH3 is 1. The molecule has 0 unspecified atom stereocenters. The van der Waals surface area contributed by atoms with E-state index in [-0.39, 0.29) is 43.3 Å². The molecule has 206 valence electrons. The number of anilines is 2. The van der Waals surface area contributed by atoms with Crippen molar-refractivity contribution in [1.82, 2.24) is 9.80 Å². The molecule has 0 aromatic heterocycles. The summed E-state index contributed by atoms with van der Waals surface area (Å²) in [6, 6.07) is 2.63. The van der Waals surface area contributed by atoms with Gasteiger partial charge in [-0.1, -0.05) is 48.4 Å². The fourth-order valence-electron chi connectivity index (χ4n) is 3.92. The number of hydrogen-bond donors (Lipinski definition) is 1. The summed E-state index contributed by atoms with van der Waals surface area (Å²) in [4.78, 5) is 39.3. The molecule has 0 aliphatic carbocycles. The van der Waals surface area contributed by atoms with Crippen LogP contribution in [0, 0.1) is 0 Å². The Hall–Kier alpha value is -4.27. The van der Waals surface area contributed by atoms with Crippen LogP contribution in [0.15, 0.2) is 72.7 Å². The van der Waals surface area contributed by atoms with E-state index >= 15 is 0 Å². The molecule has 2 aliphatic rings. The number of rotatable bonds is 7. The van der Waals surface area contributed by atoms with Gasteiger partial charge in [0.2, 0.25) is 5.91 Å². The minimum atomic E-state index is -4.09. The van der Waals surface area contributed by atoms with Gasteiger partial charge in [0, 0.05) is 65.0 Å². The van der Waals surface area contributed by atoms with Crippen LogP contribution in [-0.4, -0.2) is 81.2 Å². The zero-order valence-electron chi connectivity index (χ0n) is 40.1. The molecule has 3 aromatic carbocycles. The van der Waals surface area contributed by atoms with E-state index in [2.05, 4.69) is 5.32 Å². The van der Waals surface area contributed by atoms with E-state index in [1.807, 2.05) is 0 Å². The maximum Gasteiger partial charge on any atom is 0.337 e. The Morgan fingerprint density at radius 2 is 1.80 bits per heavy atom. The van der Waals surface area contributed by atoms with E-state index in [0.717, 1.165) is 19.2 Å². The highest BCUT2D eigenvalue weighted by Gasteiger charge is 2.29. The van der Waals surface area contributed by atoms with Crippen molar-refractivity contribution in [3.63, 3.8) is 0 Å². The molecule has 0 bridgehead atoms. The van der Waals surface area contributed by atoms with Crippen molar-refractivity contribution in [2.75, 3.05) is 63.8 Å². The van der Waals surface area contributed by atoms with Crippen LogP contribution in [0.4, 0.5) is 11.4 Å². The number of benzene rings is 3. The summed E-state index contributed by atoms with van der Waals surface area (Å²) in [5, 5.41) is 2.47. The summed E-state index contributed by atoms with van der Waals surface area (Å²) >= 11 is 0. The minimum Gasteiger partial charge on any atom is -0.465 e. The molecule has 0 spiro atoms. The summed E-state index contributed by atoms with van der Waals surface area (Å²) in [5.74, 6) is -3.91. The highest BCUT2D eigenvalue weighted by Crippen LogP contribution is 2.39. The SMILES string of the molecule is [2H]c1c([2H])c([2H])c(/C(Cc2ccc(N(C(=O)C([2H])([2H])N3C([2H])([2H])C([2H])([2H])N(C)C([2H])([2H])C3([2H])[2H])C([2H])([2H])[2H])cc2)=C2/C(=O)Nc3c2ccc(C(=O)OC)c3[2H])c([2H])c1[2H]. The normalized spacial score (nSPS) is 29.4. The number of allylic oxidation sites excluding steroid dienone is 1. The largest absolute Gasteiger partial charge is 0.465 e. The third-order valence-corrected chi connectivity index (χ3v) is 5.83. The molecule has 1 N–H and O–H groups in total. The summed E-state index contributed by atoms with van der Waals surface area (Å²) in [7, 11) is 1.80. The smallest absolute Gasteiger partial charge is 0.337 e. The van der Waals surface area contributed by atoms with E-state index < -0.39 is 116 Å². The Balaban J connectivity index is 1.66. The minimum absolute atomic E-state index is 0.0184. The van der Waals surface area contributed by atoms with Gasteiger partial charge in [0.15, 0.2) is 0 Å². The number of hydrogen-bond acceptors (Lipinski definition) is 6. The number of carbonyl (C=O) groups is 3. The average Bonchev–Trinajstić information content (AvgIpc) is 3.47. The van der Waals surface area contributed by atoms with E-state index in [1.165, 1.54) is 24.3 Å². The van der Waals surface area contributed by atoms with Gasteiger partial charge in [0.05, 0.1) is 35.7 Å². The van der Waals surface area contributed by atoms with Gasteiger partial charge in [-0.25, -0.2) is 4.79 Å². The number of nitrogens with zero attached hydrogens (tertiary/aromatic N) is 3. The van der Waals surface area contributed by atoms with Crippen molar-refractivity contribution in [2.24, 2.45) is 0 Å². The van der Waals surface area contributed by atoms with E-state index in [9.17, 15) is 14.4 Å². The van der Waals surface area contributed by atoms with Gasteiger partial charge in [-0.2, -0.15) is 0 Å². The molecule has 2 aliphatic heterocycles. The molecule has 0 radical (unpaired) electrons. The summed E-state index contributed by atoms with van der Waals surface area (Å²) in [5.41, 5.74) is -1.67. The molecule has 0 atom stereocenters. The Morgan fingerprint density at radius 1 is 1.07 bits per heavy atom. The van der Waals surface area contributed by atoms with Crippen LogP contribution in [0.25, 0.3) is 11.1 Å². The predicted octanol–water partition coefficient (Wildman–Crippen LogP) is 3.79. The number of ether oxygens (including phenoxy) is 1. The third-order valence-electron chi connectivity index (χ3n) is 5.83. The number of fused-ring (bicyclic) bond motifs is 1. The van der Waals surface area contributed by atoms with Crippen molar-refractivity contribution in [1.29, 1.82) is 0 Å². The average molecular weight is 558 g/mol. The number of carbonyl (C=O) groups excluding carboxylic acids is 3. The maximum absolute atomic E-state index is 14.0. The standard InChI is InChI=1S/C32H34N4O4/c1-34-15-17-36(18-16-34)21-29(37)35(2)25-12-9-22(10-13-25)19-27(23-7-5-4-6-8-23)30-26-14-11-24(32(39)40-3)20-28(26)33-31(30)38/h4-14,20H,15-19,21H2,1-3H3,(H,33,38)/b30-27+/i2D3,4D,5D,6D,7D,8D,15D2,16D2,17D2,18D2,20D,21D2. The monoisotopic (exact) mass is 557 g/mol. The number of amides is 2. The van der Waals surface area contributed by atoms with Crippen LogP contribution in [-0.2, 0) is 20.7 Å². The molecule has 8 nitrogen and oxygen atoms in total. The molecule has 1 fully saturated rings. The fourth-order valence-corrected chi connectivity index (χ4v) is 3.92. The lowest BCUT2D eigenvalue weighted by Gasteiger charge is -2.32. The first-order chi connectivity index (χ1) is 26.8. The van der Waals surface area contributed by atoms with Gasteiger partial charge < -0.3 is 19.9 Å². The van der Waals surface area contributed by atoms with Crippen molar-refractivity contribution in [3.8, 4) is 0 Å². The molecule has 1 saturated heterocycles. The van der Waals surface area contributed by atoms with Crippen molar-refractivity contribution >= 4 is 40.3 Å².